The highest BCUT2D eigenvalue weighted by Gasteiger charge is 2.10. The van der Waals surface area contributed by atoms with Crippen molar-refractivity contribution in [1.29, 1.82) is 0 Å². The summed E-state index contributed by atoms with van der Waals surface area (Å²) in [7, 11) is 0. The van der Waals surface area contributed by atoms with E-state index in [-0.39, 0.29) is 6.03 Å². The van der Waals surface area contributed by atoms with E-state index >= 15 is 0 Å². The molecule has 1 rings (SSSR count). The van der Waals surface area contributed by atoms with Crippen molar-refractivity contribution in [2.45, 2.75) is 41.5 Å². The number of carbonyl (C=O) groups is 1. The smallest absolute Gasteiger partial charge is 0.319 e. The van der Waals surface area contributed by atoms with Crippen LogP contribution in [0.15, 0.2) is 6.07 Å². The van der Waals surface area contributed by atoms with Crippen LogP contribution < -0.4 is 10.6 Å². The topological polar surface area (TPSA) is 41.1 Å². The number of hydrogen-bond acceptors (Lipinski definition) is 1. The Kier molecular flexibility index (Phi) is 4.76. The second-order valence-electron chi connectivity index (χ2n) is 5.36. The first-order valence-corrected chi connectivity index (χ1v) is 6.45. The van der Waals surface area contributed by atoms with Gasteiger partial charge < -0.3 is 10.6 Å². The van der Waals surface area contributed by atoms with E-state index in [2.05, 4.69) is 44.4 Å². The zero-order valence-electron chi connectivity index (χ0n) is 12.3. The molecule has 0 atom stereocenters. The summed E-state index contributed by atoms with van der Waals surface area (Å²) in [6, 6.07) is 1.98. The Morgan fingerprint density at radius 3 is 2.28 bits per heavy atom. The number of nitrogens with one attached hydrogen (secondary N) is 2. The van der Waals surface area contributed by atoms with Gasteiger partial charge in [0.1, 0.15) is 0 Å². The van der Waals surface area contributed by atoms with Crippen LogP contribution in [-0.2, 0) is 0 Å². The van der Waals surface area contributed by atoms with Crippen LogP contribution in [0.3, 0.4) is 0 Å². The fourth-order valence-electron chi connectivity index (χ4n) is 1.93. The molecule has 0 fully saturated rings. The third-order valence-corrected chi connectivity index (χ3v) is 3.27. The molecule has 0 bridgehead atoms. The van der Waals surface area contributed by atoms with Crippen LogP contribution in [0, 0.1) is 33.6 Å². The van der Waals surface area contributed by atoms with Gasteiger partial charge in [-0.15, -0.1) is 0 Å². The number of anilines is 1. The third-order valence-electron chi connectivity index (χ3n) is 3.27. The maximum Gasteiger partial charge on any atom is 0.319 e. The molecule has 1 aromatic rings. The van der Waals surface area contributed by atoms with Crippen LogP contribution in [0.2, 0.25) is 0 Å². The third kappa shape index (κ3) is 3.49. The van der Waals surface area contributed by atoms with Crippen molar-refractivity contribution in [3.05, 3.63) is 28.3 Å². The van der Waals surface area contributed by atoms with Gasteiger partial charge in [0, 0.05) is 12.2 Å². The van der Waals surface area contributed by atoms with E-state index in [1.54, 1.807) is 0 Å². The van der Waals surface area contributed by atoms with Crippen molar-refractivity contribution in [3.63, 3.8) is 0 Å². The number of amides is 2. The zero-order chi connectivity index (χ0) is 13.9. The largest absolute Gasteiger partial charge is 0.338 e. The van der Waals surface area contributed by atoms with Crippen molar-refractivity contribution in [1.82, 2.24) is 5.32 Å². The van der Waals surface area contributed by atoms with Crippen molar-refractivity contribution in [2.24, 2.45) is 5.92 Å². The first-order valence-electron chi connectivity index (χ1n) is 6.45. The number of benzene rings is 1. The molecule has 0 aromatic heterocycles. The molecule has 3 heteroatoms. The molecular weight excluding hydrogens is 224 g/mol. The number of carbonyl (C=O) groups excluding carboxylic acids is 1. The molecule has 1 aromatic carbocycles. The molecule has 100 valence electrons. The van der Waals surface area contributed by atoms with Crippen LogP contribution in [0.4, 0.5) is 10.5 Å². The van der Waals surface area contributed by atoms with Gasteiger partial charge in [-0.05, 0) is 55.9 Å². The van der Waals surface area contributed by atoms with Crippen LogP contribution >= 0.6 is 0 Å². The summed E-state index contributed by atoms with van der Waals surface area (Å²) in [6.07, 6.45) is 0. The fourth-order valence-corrected chi connectivity index (χ4v) is 1.93. The number of aryl methyl sites for hydroxylation is 2. The minimum absolute atomic E-state index is 0.127. The molecule has 0 unspecified atom stereocenters. The molecule has 2 amide bonds. The van der Waals surface area contributed by atoms with Gasteiger partial charge in [-0.1, -0.05) is 19.9 Å². The van der Waals surface area contributed by atoms with Crippen molar-refractivity contribution < 1.29 is 4.79 Å². The molecule has 0 saturated carbocycles. The molecule has 3 nitrogen and oxygen atoms in total. The van der Waals surface area contributed by atoms with E-state index in [1.165, 1.54) is 11.1 Å². The van der Waals surface area contributed by atoms with Crippen molar-refractivity contribution >= 4 is 11.7 Å². The van der Waals surface area contributed by atoms with Crippen molar-refractivity contribution in [2.75, 3.05) is 11.9 Å². The summed E-state index contributed by atoms with van der Waals surface area (Å²) in [5.74, 6) is 0.456. The highest BCUT2D eigenvalue weighted by molar-refractivity contribution is 5.91. The van der Waals surface area contributed by atoms with Gasteiger partial charge >= 0.3 is 6.03 Å². The first kappa shape index (κ1) is 14.6. The molecule has 18 heavy (non-hydrogen) atoms. The van der Waals surface area contributed by atoms with Gasteiger partial charge in [0.2, 0.25) is 0 Å². The summed E-state index contributed by atoms with van der Waals surface area (Å²) in [5, 5.41) is 5.82. The standard InChI is InChI=1S/C15H24N2O/c1-9(2)8-16-15(18)17-14-11(4)7-10(3)12(5)13(14)6/h7,9H,8H2,1-6H3,(H2,16,17,18). The van der Waals surface area contributed by atoms with Gasteiger partial charge in [0.05, 0.1) is 0 Å². The quantitative estimate of drug-likeness (QED) is 0.841. The van der Waals surface area contributed by atoms with Crippen LogP contribution in [-0.4, -0.2) is 12.6 Å². The van der Waals surface area contributed by atoms with E-state index in [4.69, 9.17) is 0 Å². The normalized spacial score (nSPS) is 10.6. The van der Waals surface area contributed by atoms with E-state index in [0.717, 1.165) is 16.8 Å². The number of urea groups is 1. The molecule has 0 radical (unpaired) electrons. The first-order chi connectivity index (χ1) is 8.32. The van der Waals surface area contributed by atoms with Gasteiger partial charge in [-0.3, -0.25) is 0 Å². The monoisotopic (exact) mass is 248 g/mol. The Bertz CT molecular complexity index is 450. The second-order valence-corrected chi connectivity index (χ2v) is 5.36. The average Bonchev–Trinajstić information content (AvgIpc) is 2.29. The molecule has 0 aliphatic rings. The lowest BCUT2D eigenvalue weighted by Crippen LogP contribution is -2.32. The zero-order valence-corrected chi connectivity index (χ0v) is 12.3. The maximum atomic E-state index is 11.8. The van der Waals surface area contributed by atoms with Crippen LogP contribution in [0.1, 0.15) is 36.1 Å². The fraction of sp³-hybridized carbons (Fsp3) is 0.533. The van der Waals surface area contributed by atoms with Gasteiger partial charge in [0.15, 0.2) is 0 Å². The van der Waals surface area contributed by atoms with Gasteiger partial charge in [0.25, 0.3) is 0 Å². The molecule has 0 saturated heterocycles. The van der Waals surface area contributed by atoms with Gasteiger partial charge in [-0.25, -0.2) is 4.79 Å². The Labute approximate surface area is 110 Å². The Morgan fingerprint density at radius 1 is 1.11 bits per heavy atom. The summed E-state index contributed by atoms with van der Waals surface area (Å²) in [6.45, 7) is 13.1. The highest BCUT2D eigenvalue weighted by atomic mass is 16.2. The predicted octanol–water partition coefficient (Wildman–Crippen LogP) is 3.70. The highest BCUT2D eigenvalue weighted by Crippen LogP contribution is 2.26. The lowest BCUT2D eigenvalue weighted by Gasteiger charge is -2.16. The van der Waals surface area contributed by atoms with Crippen LogP contribution in [0.5, 0.6) is 0 Å². The van der Waals surface area contributed by atoms with Crippen molar-refractivity contribution in [3.8, 4) is 0 Å². The summed E-state index contributed by atoms with van der Waals surface area (Å²) >= 11 is 0. The van der Waals surface area contributed by atoms with E-state index in [1.807, 2.05) is 13.8 Å². The molecule has 0 aliphatic carbocycles. The molecule has 0 heterocycles. The average molecular weight is 248 g/mol. The molecule has 0 aliphatic heterocycles. The lowest BCUT2D eigenvalue weighted by atomic mass is 9.98. The minimum Gasteiger partial charge on any atom is -0.338 e. The Balaban J connectivity index is 2.85. The Morgan fingerprint density at radius 2 is 1.72 bits per heavy atom. The van der Waals surface area contributed by atoms with E-state index < -0.39 is 0 Å². The number of rotatable bonds is 3. The summed E-state index contributed by atoms with van der Waals surface area (Å²) in [5.41, 5.74) is 5.68. The van der Waals surface area contributed by atoms with Crippen LogP contribution in [0.25, 0.3) is 0 Å². The summed E-state index contributed by atoms with van der Waals surface area (Å²) < 4.78 is 0. The second kappa shape index (κ2) is 5.89. The lowest BCUT2D eigenvalue weighted by molar-refractivity contribution is 0.251. The predicted molar refractivity (Wildman–Crippen MR) is 77.2 cm³/mol. The minimum atomic E-state index is -0.127. The number of hydrogen-bond donors (Lipinski definition) is 2. The molecule has 0 spiro atoms. The SMILES string of the molecule is Cc1cc(C)c(NC(=O)NCC(C)C)c(C)c1C. The summed E-state index contributed by atoms with van der Waals surface area (Å²) in [4.78, 5) is 11.8. The molecule has 2 N–H and O–H groups in total. The Hall–Kier alpha value is -1.51. The van der Waals surface area contributed by atoms with E-state index in [9.17, 15) is 4.79 Å². The molecular formula is C15H24N2O. The van der Waals surface area contributed by atoms with E-state index in [0.29, 0.717) is 12.5 Å². The maximum absolute atomic E-state index is 11.8. The van der Waals surface area contributed by atoms with Gasteiger partial charge in [-0.2, -0.15) is 0 Å².